The second-order valence-electron chi connectivity index (χ2n) is 3.95. The number of aryl methyl sites for hydroxylation is 1. The number of sulfonamides is 1. The fourth-order valence-electron chi connectivity index (χ4n) is 1.56. The number of nitrogens with one attached hydrogen (secondary N) is 2. The topological polar surface area (TPSA) is 101 Å². The minimum atomic E-state index is -3.78. The molecule has 0 saturated carbocycles. The van der Waals surface area contributed by atoms with Crippen LogP contribution in [0.25, 0.3) is 0 Å². The third kappa shape index (κ3) is 2.89. The van der Waals surface area contributed by atoms with E-state index < -0.39 is 16.0 Å². The Bertz CT molecular complexity index is 718. The number of aromatic nitrogens is 2. The van der Waals surface area contributed by atoms with Crippen LogP contribution < -0.4 is 4.72 Å². The number of H-pyrrole nitrogens is 1. The number of ether oxygens (including phenoxy) is 1. The molecule has 2 aromatic rings. The van der Waals surface area contributed by atoms with Gasteiger partial charge in [0.25, 0.3) is 0 Å². The summed E-state index contributed by atoms with van der Waals surface area (Å²) < 4.78 is 31.4. The van der Waals surface area contributed by atoms with Gasteiger partial charge in [-0.05, 0) is 18.4 Å². The van der Waals surface area contributed by atoms with Gasteiger partial charge in [0.1, 0.15) is 9.77 Å². The Morgan fingerprint density at radius 2 is 2.30 bits per heavy atom. The summed E-state index contributed by atoms with van der Waals surface area (Å²) in [5.74, 6) is -0.667. The van der Waals surface area contributed by atoms with Gasteiger partial charge in [-0.15, -0.1) is 11.3 Å². The molecule has 2 rings (SSSR count). The van der Waals surface area contributed by atoms with Crippen LogP contribution in [0.3, 0.4) is 0 Å². The van der Waals surface area contributed by atoms with E-state index in [2.05, 4.69) is 19.7 Å². The molecule has 108 valence electrons. The number of rotatable bonds is 5. The number of esters is 1. The van der Waals surface area contributed by atoms with Crippen LogP contribution in [0.5, 0.6) is 0 Å². The number of carbonyl (C=O) groups is 1. The zero-order chi connectivity index (χ0) is 14.8. The van der Waals surface area contributed by atoms with Gasteiger partial charge in [-0.25, -0.2) is 17.9 Å². The minimum absolute atomic E-state index is 0.0592. The molecule has 2 heterocycles. The Kier molecular flexibility index (Phi) is 4.21. The van der Waals surface area contributed by atoms with Crippen molar-refractivity contribution >= 4 is 27.3 Å². The van der Waals surface area contributed by atoms with Crippen molar-refractivity contribution in [3.05, 3.63) is 33.8 Å². The van der Waals surface area contributed by atoms with E-state index in [-0.39, 0.29) is 16.3 Å². The first kappa shape index (κ1) is 14.7. The Morgan fingerprint density at radius 3 is 2.90 bits per heavy atom. The molecule has 0 saturated heterocycles. The van der Waals surface area contributed by atoms with Crippen molar-refractivity contribution in [3.63, 3.8) is 0 Å². The van der Waals surface area contributed by atoms with Gasteiger partial charge in [0.2, 0.25) is 10.0 Å². The quantitative estimate of drug-likeness (QED) is 0.803. The van der Waals surface area contributed by atoms with E-state index >= 15 is 0 Å². The normalized spacial score (nSPS) is 11.5. The number of methoxy groups -OCH3 is 1. The van der Waals surface area contributed by atoms with Crippen LogP contribution in [-0.4, -0.2) is 31.7 Å². The van der Waals surface area contributed by atoms with Gasteiger partial charge in [-0.3, -0.25) is 5.10 Å². The molecule has 9 heteroatoms. The molecule has 0 atom stereocenters. The van der Waals surface area contributed by atoms with Gasteiger partial charge in [0.05, 0.1) is 13.3 Å². The predicted molar refractivity (Wildman–Crippen MR) is 73.0 cm³/mol. The number of carbonyl (C=O) groups excluding carboxylic acids is 1. The van der Waals surface area contributed by atoms with Crippen molar-refractivity contribution in [3.8, 4) is 0 Å². The van der Waals surface area contributed by atoms with Crippen molar-refractivity contribution in [1.82, 2.24) is 14.9 Å². The maximum atomic E-state index is 12.2. The second-order valence-corrected chi connectivity index (χ2v) is 6.60. The van der Waals surface area contributed by atoms with Crippen molar-refractivity contribution in [2.75, 3.05) is 7.11 Å². The fourth-order valence-corrected chi connectivity index (χ4v) is 3.89. The van der Waals surface area contributed by atoms with E-state index in [1.165, 1.54) is 18.6 Å². The summed E-state index contributed by atoms with van der Waals surface area (Å²) in [6.07, 6.45) is 1.55. The maximum Gasteiger partial charge on any atom is 0.349 e. The molecule has 0 unspecified atom stereocenters. The highest BCUT2D eigenvalue weighted by Crippen LogP contribution is 2.22. The number of nitrogens with zero attached hydrogens (tertiary/aromatic N) is 1. The van der Waals surface area contributed by atoms with Crippen LogP contribution in [-0.2, 0) is 21.3 Å². The van der Waals surface area contributed by atoms with Crippen LogP contribution in [0, 0.1) is 6.92 Å². The molecule has 0 aromatic carbocycles. The van der Waals surface area contributed by atoms with Crippen LogP contribution >= 0.6 is 11.3 Å². The standard InChI is InChI=1S/C11H13N3O4S2/c1-7-8(5-12-14-7)6-13-20(16,17)9-3-4-19-10(9)11(15)18-2/h3-5,13H,6H2,1-2H3,(H,12,14). The van der Waals surface area contributed by atoms with E-state index in [9.17, 15) is 13.2 Å². The zero-order valence-corrected chi connectivity index (χ0v) is 12.5. The Hall–Kier alpha value is -1.71. The lowest BCUT2D eigenvalue weighted by Gasteiger charge is -2.06. The lowest BCUT2D eigenvalue weighted by molar-refractivity contribution is 0.0602. The molecule has 2 N–H and O–H groups in total. The molecule has 0 spiro atoms. The van der Waals surface area contributed by atoms with Crippen molar-refractivity contribution in [2.45, 2.75) is 18.4 Å². The summed E-state index contributed by atoms with van der Waals surface area (Å²) >= 11 is 1.02. The van der Waals surface area contributed by atoms with Crippen molar-refractivity contribution < 1.29 is 17.9 Å². The largest absolute Gasteiger partial charge is 0.465 e. The highest BCUT2D eigenvalue weighted by atomic mass is 32.2. The average molecular weight is 315 g/mol. The molecular formula is C11H13N3O4S2. The molecule has 0 aliphatic carbocycles. The smallest absolute Gasteiger partial charge is 0.349 e. The van der Waals surface area contributed by atoms with Crippen molar-refractivity contribution in [1.29, 1.82) is 0 Å². The van der Waals surface area contributed by atoms with Crippen LogP contribution in [0.1, 0.15) is 20.9 Å². The van der Waals surface area contributed by atoms with E-state index in [0.29, 0.717) is 0 Å². The lowest BCUT2D eigenvalue weighted by Crippen LogP contribution is -2.24. The Labute approximate surface area is 120 Å². The average Bonchev–Trinajstić information content (AvgIpc) is 3.04. The van der Waals surface area contributed by atoms with E-state index in [0.717, 1.165) is 22.6 Å². The molecule has 7 nitrogen and oxygen atoms in total. The Morgan fingerprint density at radius 1 is 1.55 bits per heavy atom. The first-order valence-corrected chi connectivity index (χ1v) is 7.96. The molecule has 20 heavy (non-hydrogen) atoms. The highest BCUT2D eigenvalue weighted by molar-refractivity contribution is 7.89. The summed E-state index contributed by atoms with van der Waals surface area (Å²) in [4.78, 5) is 11.5. The van der Waals surface area contributed by atoms with Gasteiger partial charge >= 0.3 is 5.97 Å². The monoisotopic (exact) mass is 315 g/mol. The van der Waals surface area contributed by atoms with Crippen LogP contribution in [0.15, 0.2) is 22.5 Å². The Balaban J connectivity index is 2.21. The molecule has 0 bridgehead atoms. The first-order valence-electron chi connectivity index (χ1n) is 5.60. The predicted octanol–water partition coefficient (Wildman–Crippen LogP) is 1.04. The summed E-state index contributed by atoms with van der Waals surface area (Å²) in [5.41, 5.74) is 1.52. The van der Waals surface area contributed by atoms with E-state index in [1.807, 2.05) is 0 Å². The summed E-state index contributed by atoms with van der Waals surface area (Å²) in [7, 11) is -2.57. The maximum absolute atomic E-state index is 12.2. The highest BCUT2D eigenvalue weighted by Gasteiger charge is 2.24. The molecule has 0 aliphatic rings. The minimum Gasteiger partial charge on any atom is -0.465 e. The summed E-state index contributed by atoms with van der Waals surface area (Å²) in [5, 5.41) is 8.07. The van der Waals surface area contributed by atoms with Gasteiger partial charge in [0, 0.05) is 17.8 Å². The van der Waals surface area contributed by atoms with Gasteiger partial charge in [-0.1, -0.05) is 0 Å². The van der Waals surface area contributed by atoms with E-state index in [4.69, 9.17) is 0 Å². The SMILES string of the molecule is COC(=O)c1sccc1S(=O)(=O)NCc1cn[nH]c1C. The third-order valence-electron chi connectivity index (χ3n) is 2.68. The van der Waals surface area contributed by atoms with Crippen LogP contribution in [0.4, 0.5) is 0 Å². The molecular weight excluding hydrogens is 302 g/mol. The summed E-state index contributed by atoms with van der Waals surface area (Å²) in [6, 6.07) is 1.38. The molecule has 0 radical (unpaired) electrons. The first-order chi connectivity index (χ1) is 9.45. The zero-order valence-electron chi connectivity index (χ0n) is 10.8. The lowest BCUT2D eigenvalue weighted by atomic mass is 10.3. The second kappa shape index (κ2) is 5.73. The van der Waals surface area contributed by atoms with Gasteiger partial charge in [0.15, 0.2) is 0 Å². The van der Waals surface area contributed by atoms with Crippen LogP contribution in [0.2, 0.25) is 0 Å². The number of hydrogen-bond acceptors (Lipinski definition) is 6. The molecule has 0 aliphatic heterocycles. The van der Waals surface area contributed by atoms with Crippen molar-refractivity contribution in [2.24, 2.45) is 0 Å². The molecule has 2 aromatic heterocycles. The summed E-state index contributed by atoms with van der Waals surface area (Å²) in [6.45, 7) is 1.89. The third-order valence-corrected chi connectivity index (χ3v) is 5.14. The molecule has 0 amide bonds. The number of thiophene rings is 1. The van der Waals surface area contributed by atoms with E-state index in [1.54, 1.807) is 13.1 Å². The molecule has 0 fully saturated rings. The fraction of sp³-hybridized carbons (Fsp3) is 0.273. The number of hydrogen-bond donors (Lipinski definition) is 2. The van der Waals surface area contributed by atoms with Gasteiger partial charge < -0.3 is 4.74 Å². The number of aromatic amines is 1. The van der Waals surface area contributed by atoms with Gasteiger partial charge in [-0.2, -0.15) is 5.10 Å².